The van der Waals surface area contributed by atoms with Crippen LogP contribution in [0.25, 0.3) is 0 Å². The number of morpholine rings is 1. The predicted molar refractivity (Wildman–Crippen MR) is 90.4 cm³/mol. The van der Waals surface area contributed by atoms with Gasteiger partial charge in [0, 0.05) is 19.6 Å². The van der Waals surface area contributed by atoms with Crippen LogP contribution in [0.2, 0.25) is 0 Å². The molecule has 24 heavy (non-hydrogen) atoms. The number of allylic oxidation sites excluding steroid dienone is 1. The molecule has 1 aromatic heterocycles. The number of ether oxygens (including phenoxy) is 1. The number of H-pyrrole nitrogens is 1. The van der Waals surface area contributed by atoms with E-state index in [0.29, 0.717) is 25.5 Å². The standard InChI is InChI=1S/C17H27N5O2/c1-13-19-17(21-20-13)15-11-22(9-10-24-15)12-16(23)18-8-7-14-5-3-2-4-6-14/h5,15H,2-4,6-12H2,1H3,(H,18,23)(H,19,20,21)/t15-/m1/s1. The van der Waals surface area contributed by atoms with Gasteiger partial charge in [0.25, 0.3) is 0 Å². The summed E-state index contributed by atoms with van der Waals surface area (Å²) in [6.45, 7) is 5.01. The van der Waals surface area contributed by atoms with Crippen molar-refractivity contribution in [2.45, 2.75) is 45.1 Å². The second kappa shape index (κ2) is 8.39. The summed E-state index contributed by atoms with van der Waals surface area (Å²) in [5.74, 6) is 1.53. The number of hydrogen-bond donors (Lipinski definition) is 2. The van der Waals surface area contributed by atoms with E-state index in [9.17, 15) is 4.79 Å². The van der Waals surface area contributed by atoms with Gasteiger partial charge in [-0.1, -0.05) is 11.6 Å². The molecule has 7 nitrogen and oxygen atoms in total. The number of aromatic amines is 1. The Morgan fingerprint density at radius 2 is 2.42 bits per heavy atom. The van der Waals surface area contributed by atoms with Gasteiger partial charge in [-0.05, 0) is 39.0 Å². The SMILES string of the molecule is Cc1nc([C@H]2CN(CC(=O)NCCC3=CCCCC3)CCO2)n[nH]1. The minimum absolute atomic E-state index is 0.0817. The van der Waals surface area contributed by atoms with E-state index in [0.717, 1.165) is 25.3 Å². The summed E-state index contributed by atoms with van der Waals surface area (Å²) in [5, 5.41) is 10.0. The van der Waals surface area contributed by atoms with Crippen LogP contribution in [0.5, 0.6) is 0 Å². The number of nitrogens with one attached hydrogen (secondary N) is 2. The summed E-state index contributed by atoms with van der Waals surface area (Å²) >= 11 is 0. The first-order chi connectivity index (χ1) is 11.7. The third-order valence-electron chi connectivity index (χ3n) is 4.57. The summed E-state index contributed by atoms with van der Waals surface area (Å²) in [5.41, 5.74) is 1.49. The highest BCUT2D eigenvalue weighted by molar-refractivity contribution is 5.78. The molecular formula is C17H27N5O2. The first kappa shape index (κ1) is 17.1. The van der Waals surface area contributed by atoms with E-state index in [1.165, 1.54) is 31.3 Å². The molecule has 3 rings (SSSR count). The molecule has 2 N–H and O–H groups in total. The number of carbonyl (C=O) groups is 1. The number of carbonyl (C=O) groups excluding carboxylic acids is 1. The van der Waals surface area contributed by atoms with Gasteiger partial charge in [0.15, 0.2) is 5.82 Å². The smallest absolute Gasteiger partial charge is 0.234 e. The molecule has 2 aliphatic rings. The Bertz CT molecular complexity index is 583. The van der Waals surface area contributed by atoms with E-state index >= 15 is 0 Å². The van der Waals surface area contributed by atoms with Crippen molar-refractivity contribution in [2.24, 2.45) is 0 Å². The molecule has 132 valence electrons. The van der Waals surface area contributed by atoms with E-state index in [2.05, 4.69) is 31.5 Å². The molecule has 1 amide bonds. The summed E-state index contributed by atoms with van der Waals surface area (Å²) in [6, 6.07) is 0. The Kier molecular flexibility index (Phi) is 5.98. The molecule has 2 heterocycles. The van der Waals surface area contributed by atoms with Crippen LogP contribution < -0.4 is 5.32 Å². The maximum absolute atomic E-state index is 12.1. The topological polar surface area (TPSA) is 83.1 Å². The van der Waals surface area contributed by atoms with Crippen LogP contribution in [-0.2, 0) is 9.53 Å². The first-order valence-electron chi connectivity index (χ1n) is 8.88. The monoisotopic (exact) mass is 333 g/mol. The Morgan fingerprint density at radius 1 is 1.50 bits per heavy atom. The number of aryl methyl sites for hydroxylation is 1. The Hall–Kier alpha value is -1.73. The molecule has 1 aliphatic heterocycles. The average molecular weight is 333 g/mol. The van der Waals surface area contributed by atoms with Crippen LogP contribution in [0.1, 0.15) is 49.9 Å². The summed E-state index contributed by atoms with van der Waals surface area (Å²) < 4.78 is 5.72. The van der Waals surface area contributed by atoms with Gasteiger partial charge < -0.3 is 10.1 Å². The zero-order valence-corrected chi connectivity index (χ0v) is 14.4. The quantitative estimate of drug-likeness (QED) is 0.771. The predicted octanol–water partition coefficient (Wildman–Crippen LogP) is 1.49. The number of hydrogen-bond acceptors (Lipinski definition) is 5. The van der Waals surface area contributed by atoms with E-state index in [4.69, 9.17) is 4.74 Å². The van der Waals surface area contributed by atoms with Gasteiger partial charge >= 0.3 is 0 Å². The molecular weight excluding hydrogens is 306 g/mol. The fourth-order valence-corrected chi connectivity index (χ4v) is 3.26. The number of aromatic nitrogens is 3. The molecule has 0 bridgehead atoms. The Labute approximate surface area is 142 Å². The lowest BCUT2D eigenvalue weighted by molar-refractivity contribution is -0.124. The average Bonchev–Trinajstić information content (AvgIpc) is 3.03. The van der Waals surface area contributed by atoms with E-state index in [1.807, 2.05) is 6.92 Å². The maximum atomic E-state index is 12.1. The third kappa shape index (κ3) is 4.88. The van der Waals surface area contributed by atoms with Gasteiger partial charge in [-0.3, -0.25) is 14.8 Å². The summed E-state index contributed by atoms with van der Waals surface area (Å²) in [4.78, 5) is 18.6. The molecule has 7 heteroatoms. The van der Waals surface area contributed by atoms with Crippen LogP contribution >= 0.6 is 0 Å². The van der Waals surface area contributed by atoms with Crippen molar-refractivity contribution in [1.29, 1.82) is 0 Å². The Balaban J connectivity index is 1.40. The van der Waals surface area contributed by atoms with Crippen molar-refractivity contribution < 1.29 is 9.53 Å². The molecule has 1 aromatic rings. The van der Waals surface area contributed by atoms with Gasteiger partial charge in [0.05, 0.1) is 13.2 Å². The molecule has 0 spiro atoms. The van der Waals surface area contributed by atoms with Crippen LogP contribution in [0.4, 0.5) is 0 Å². The minimum Gasteiger partial charge on any atom is -0.367 e. The highest BCUT2D eigenvalue weighted by Gasteiger charge is 2.26. The fourth-order valence-electron chi connectivity index (χ4n) is 3.26. The third-order valence-corrected chi connectivity index (χ3v) is 4.57. The molecule has 0 radical (unpaired) electrons. The highest BCUT2D eigenvalue weighted by Crippen LogP contribution is 2.20. The van der Waals surface area contributed by atoms with Crippen molar-refractivity contribution >= 4 is 5.91 Å². The first-order valence-corrected chi connectivity index (χ1v) is 8.88. The normalized spacial score (nSPS) is 22.2. The second-order valence-corrected chi connectivity index (χ2v) is 6.58. The van der Waals surface area contributed by atoms with Gasteiger partial charge in [0.2, 0.25) is 5.91 Å². The van der Waals surface area contributed by atoms with Gasteiger partial charge in [0.1, 0.15) is 11.9 Å². The fraction of sp³-hybridized carbons (Fsp3) is 0.706. The van der Waals surface area contributed by atoms with Crippen LogP contribution in [-0.4, -0.2) is 58.8 Å². The number of amides is 1. The van der Waals surface area contributed by atoms with Gasteiger partial charge in [-0.15, -0.1) is 0 Å². The lowest BCUT2D eigenvalue weighted by Crippen LogP contribution is -2.44. The number of rotatable bonds is 6. The molecule has 1 aliphatic carbocycles. The molecule has 1 fully saturated rings. The summed E-state index contributed by atoms with van der Waals surface area (Å²) in [7, 11) is 0. The largest absolute Gasteiger partial charge is 0.367 e. The van der Waals surface area contributed by atoms with Gasteiger partial charge in [-0.25, -0.2) is 4.98 Å². The highest BCUT2D eigenvalue weighted by atomic mass is 16.5. The molecule has 0 saturated carbocycles. The van der Waals surface area contributed by atoms with Crippen molar-refractivity contribution in [3.05, 3.63) is 23.3 Å². The van der Waals surface area contributed by atoms with Crippen molar-refractivity contribution in [3.63, 3.8) is 0 Å². The number of nitrogens with zero attached hydrogens (tertiary/aromatic N) is 3. The van der Waals surface area contributed by atoms with Gasteiger partial charge in [-0.2, -0.15) is 5.10 Å². The minimum atomic E-state index is -0.163. The van der Waals surface area contributed by atoms with Crippen molar-refractivity contribution in [3.8, 4) is 0 Å². The Morgan fingerprint density at radius 3 is 3.17 bits per heavy atom. The lowest BCUT2D eigenvalue weighted by atomic mass is 9.97. The summed E-state index contributed by atoms with van der Waals surface area (Å²) in [6.07, 6.45) is 8.13. The lowest BCUT2D eigenvalue weighted by Gasteiger charge is -2.31. The molecule has 1 saturated heterocycles. The molecule has 0 aromatic carbocycles. The van der Waals surface area contributed by atoms with Crippen LogP contribution in [0.15, 0.2) is 11.6 Å². The van der Waals surface area contributed by atoms with Crippen molar-refractivity contribution in [1.82, 2.24) is 25.4 Å². The van der Waals surface area contributed by atoms with Crippen LogP contribution in [0, 0.1) is 6.92 Å². The molecule has 1 atom stereocenters. The van der Waals surface area contributed by atoms with Crippen molar-refractivity contribution in [2.75, 3.05) is 32.8 Å². The second-order valence-electron chi connectivity index (χ2n) is 6.58. The zero-order valence-electron chi connectivity index (χ0n) is 14.4. The van der Waals surface area contributed by atoms with E-state index < -0.39 is 0 Å². The van der Waals surface area contributed by atoms with E-state index in [-0.39, 0.29) is 12.0 Å². The maximum Gasteiger partial charge on any atom is 0.234 e. The zero-order chi connectivity index (χ0) is 16.8. The van der Waals surface area contributed by atoms with E-state index in [1.54, 1.807) is 0 Å². The van der Waals surface area contributed by atoms with Crippen LogP contribution in [0.3, 0.4) is 0 Å². The molecule has 0 unspecified atom stereocenters.